The Balaban J connectivity index is 1.76. The van der Waals surface area contributed by atoms with E-state index in [9.17, 15) is 0 Å². The Morgan fingerprint density at radius 1 is 1.56 bits per heavy atom. The van der Waals surface area contributed by atoms with E-state index in [1.54, 1.807) is 4.88 Å². The molecule has 2 aromatic heterocycles. The van der Waals surface area contributed by atoms with E-state index in [4.69, 9.17) is 5.73 Å². The molecular weight excluding hydrogens is 242 g/mol. The summed E-state index contributed by atoms with van der Waals surface area (Å²) >= 11 is 1.88. The van der Waals surface area contributed by atoms with E-state index in [1.807, 2.05) is 29.3 Å². The smallest absolute Gasteiger partial charge is 0.0640 e. The SMILES string of the molecule is Cn1ccc(CC(N)C2CCCc3sccc32)n1. The zero-order valence-corrected chi connectivity index (χ0v) is 11.5. The van der Waals surface area contributed by atoms with E-state index in [2.05, 4.69) is 22.6 Å². The fourth-order valence-electron chi connectivity index (χ4n) is 2.92. The van der Waals surface area contributed by atoms with Crippen molar-refractivity contribution in [1.82, 2.24) is 9.78 Å². The number of aryl methyl sites for hydroxylation is 2. The van der Waals surface area contributed by atoms with Crippen molar-refractivity contribution in [3.8, 4) is 0 Å². The molecule has 2 unspecified atom stereocenters. The van der Waals surface area contributed by atoms with Gasteiger partial charge in [-0.1, -0.05) is 0 Å². The molecule has 0 saturated carbocycles. The van der Waals surface area contributed by atoms with Crippen LogP contribution in [0.15, 0.2) is 23.7 Å². The minimum atomic E-state index is 0.188. The third kappa shape index (κ3) is 2.22. The number of nitrogens with two attached hydrogens (primary N) is 1. The lowest BCUT2D eigenvalue weighted by molar-refractivity contribution is 0.459. The molecule has 2 aromatic rings. The van der Waals surface area contributed by atoms with Crippen molar-refractivity contribution in [2.24, 2.45) is 12.8 Å². The van der Waals surface area contributed by atoms with Gasteiger partial charge in [0.15, 0.2) is 0 Å². The summed E-state index contributed by atoms with van der Waals surface area (Å²) in [6.07, 6.45) is 6.59. The highest BCUT2D eigenvalue weighted by Crippen LogP contribution is 2.37. The largest absolute Gasteiger partial charge is 0.327 e. The summed E-state index contributed by atoms with van der Waals surface area (Å²) < 4.78 is 1.85. The molecular formula is C14H19N3S. The Kier molecular flexibility index (Phi) is 3.22. The van der Waals surface area contributed by atoms with E-state index in [0.29, 0.717) is 5.92 Å². The summed E-state index contributed by atoms with van der Waals surface area (Å²) in [6.45, 7) is 0. The second-order valence-corrected chi connectivity index (χ2v) is 6.15. The van der Waals surface area contributed by atoms with Gasteiger partial charge < -0.3 is 5.73 Å². The van der Waals surface area contributed by atoms with Crippen molar-refractivity contribution < 1.29 is 0 Å². The fourth-order valence-corrected chi connectivity index (χ4v) is 3.92. The Morgan fingerprint density at radius 3 is 3.22 bits per heavy atom. The molecule has 0 bridgehead atoms. The third-order valence-electron chi connectivity index (χ3n) is 3.83. The molecule has 0 radical (unpaired) electrons. The van der Waals surface area contributed by atoms with Gasteiger partial charge >= 0.3 is 0 Å². The van der Waals surface area contributed by atoms with Crippen LogP contribution in [-0.4, -0.2) is 15.8 Å². The highest BCUT2D eigenvalue weighted by molar-refractivity contribution is 7.10. The van der Waals surface area contributed by atoms with Crippen LogP contribution in [0.1, 0.15) is 34.9 Å². The molecule has 1 aliphatic carbocycles. The van der Waals surface area contributed by atoms with Crippen molar-refractivity contribution in [3.05, 3.63) is 39.8 Å². The predicted molar refractivity (Wildman–Crippen MR) is 74.9 cm³/mol. The standard InChI is InChI=1S/C14H19N3S/c1-17-7-5-10(16-17)9-13(15)11-3-2-4-14-12(11)6-8-18-14/h5-8,11,13H,2-4,9,15H2,1H3. The summed E-state index contributed by atoms with van der Waals surface area (Å²) in [6, 6.07) is 4.52. The average molecular weight is 261 g/mol. The molecule has 0 fully saturated rings. The fraction of sp³-hybridized carbons (Fsp3) is 0.500. The second kappa shape index (κ2) is 4.86. The highest BCUT2D eigenvalue weighted by atomic mass is 32.1. The Hall–Kier alpha value is -1.13. The quantitative estimate of drug-likeness (QED) is 0.922. The van der Waals surface area contributed by atoms with Gasteiger partial charge in [-0.05, 0) is 42.3 Å². The van der Waals surface area contributed by atoms with Crippen molar-refractivity contribution in [1.29, 1.82) is 0 Å². The minimum absolute atomic E-state index is 0.188. The normalized spacial score (nSPS) is 20.7. The summed E-state index contributed by atoms with van der Waals surface area (Å²) in [5, 5.41) is 6.63. The summed E-state index contributed by atoms with van der Waals surface area (Å²) in [4.78, 5) is 1.54. The molecule has 96 valence electrons. The molecule has 2 heterocycles. The number of aromatic nitrogens is 2. The van der Waals surface area contributed by atoms with E-state index in [-0.39, 0.29) is 6.04 Å². The van der Waals surface area contributed by atoms with E-state index in [1.165, 1.54) is 24.8 Å². The van der Waals surface area contributed by atoms with Gasteiger partial charge in [-0.15, -0.1) is 11.3 Å². The maximum Gasteiger partial charge on any atom is 0.0640 e. The Labute approximate surface area is 112 Å². The van der Waals surface area contributed by atoms with Gasteiger partial charge in [0.25, 0.3) is 0 Å². The summed E-state index contributed by atoms with van der Waals surface area (Å²) in [7, 11) is 1.95. The van der Waals surface area contributed by atoms with Gasteiger partial charge in [0.05, 0.1) is 5.69 Å². The van der Waals surface area contributed by atoms with Crippen LogP contribution in [0.2, 0.25) is 0 Å². The molecule has 0 spiro atoms. The number of hydrogen-bond donors (Lipinski definition) is 1. The zero-order valence-electron chi connectivity index (χ0n) is 10.7. The number of fused-ring (bicyclic) bond motifs is 1. The van der Waals surface area contributed by atoms with Gasteiger partial charge in [-0.25, -0.2) is 0 Å². The van der Waals surface area contributed by atoms with Gasteiger partial charge in [0, 0.05) is 36.5 Å². The number of nitrogens with zero attached hydrogens (tertiary/aromatic N) is 2. The Morgan fingerprint density at radius 2 is 2.44 bits per heavy atom. The van der Waals surface area contributed by atoms with Gasteiger partial charge in [-0.3, -0.25) is 4.68 Å². The van der Waals surface area contributed by atoms with Crippen LogP contribution in [0, 0.1) is 0 Å². The van der Waals surface area contributed by atoms with Gasteiger partial charge in [0.2, 0.25) is 0 Å². The average Bonchev–Trinajstić information content (AvgIpc) is 2.97. The molecule has 2 N–H and O–H groups in total. The monoisotopic (exact) mass is 261 g/mol. The van der Waals surface area contributed by atoms with Crippen molar-refractivity contribution >= 4 is 11.3 Å². The topological polar surface area (TPSA) is 43.8 Å². The first kappa shape index (κ1) is 11.9. The third-order valence-corrected chi connectivity index (χ3v) is 4.83. The minimum Gasteiger partial charge on any atom is -0.327 e. The maximum atomic E-state index is 6.42. The number of thiophene rings is 1. The van der Waals surface area contributed by atoms with Crippen LogP contribution in [-0.2, 0) is 19.9 Å². The molecule has 0 aromatic carbocycles. The van der Waals surface area contributed by atoms with Crippen molar-refractivity contribution in [2.45, 2.75) is 37.6 Å². The van der Waals surface area contributed by atoms with Crippen LogP contribution >= 0.6 is 11.3 Å². The lowest BCUT2D eigenvalue weighted by atomic mass is 9.81. The van der Waals surface area contributed by atoms with Crippen molar-refractivity contribution in [3.63, 3.8) is 0 Å². The van der Waals surface area contributed by atoms with Crippen molar-refractivity contribution in [2.75, 3.05) is 0 Å². The molecule has 0 saturated heterocycles. The highest BCUT2D eigenvalue weighted by Gasteiger charge is 2.26. The van der Waals surface area contributed by atoms with E-state index >= 15 is 0 Å². The van der Waals surface area contributed by atoms with Crippen LogP contribution in [0.4, 0.5) is 0 Å². The van der Waals surface area contributed by atoms with Gasteiger partial charge in [0.1, 0.15) is 0 Å². The molecule has 18 heavy (non-hydrogen) atoms. The van der Waals surface area contributed by atoms with Crippen LogP contribution < -0.4 is 5.73 Å². The molecule has 1 aliphatic rings. The molecule has 4 heteroatoms. The first-order chi connectivity index (χ1) is 8.74. The molecule has 3 rings (SSSR count). The zero-order chi connectivity index (χ0) is 12.5. The lowest BCUT2D eigenvalue weighted by Crippen LogP contribution is -2.32. The van der Waals surface area contributed by atoms with E-state index < -0.39 is 0 Å². The summed E-state index contributed by atoms with van der Waals surface area (Å²) in [5.41, 5.74) is 9.02. The Bertz CT molecular complexity index is 529. The molecule has 2 atom stereocenters. The van der Waals surface area contributed by atoms with E-state index in [0.717, 1.165) is 12.1 Å². The molecule has 3 nitrogen and oxygen atoms in total. The molecule has 0 amide bonds. The lowest BCUT2D eigenvalue weighted by Gasteiger charge is -2.27. The van der Waals surface area contributed by atoms with Gasteiger partial charge in [-0.2, -0.15) is 5.10 Å². The number of rotatable bonds is 3. The van der Waals surface area contributed by atoms with Crippen LogP contribution in [0.3, 0.4) is 0 Å². The first-order valence-electron chi connectivity index (χ1n) is 6.54. The molecule has 0 aliphatic heterocycles. The maximum absolute atomic E-state index is 6.42. The van der Waals surface area contributed by atoms with Crippen LogP contribution in [0.25, 0.3) is 0 Å². The first-order valence-corrected chi connectivity index (χ1v) is 7.42. The number of hydrogen-bond acceptors (Lipinski definition) is 3. The van der Waals surface area contributed by atoms with Crippen LogP contribution in [0.5, 0.6) is 0 Å². The predicted octanol–water partition coefficient (Wildman–Crippen LogP) is 2.47. The summed E-state index contributed by atoms with van der Waals surface area (Å²) in [5.74, 6) is 0.516. The second-order valence-electron chi connectivity index (χ2n) is 5.15.